The summed E-state index contributed by atoms with van der Waals surface area (Å²) in [5.74, 6) is -0.111. The Kier molecular flexibility index (Phi) is 9.28. The molecule has 10 heteroatoms. The van der Waals surface area contributed by atoms with Gasteiger partial charge in [0.15, 0.2) is 5.96 Å². The number of ether oxygens (including phenoxy) is 3. The first-order valence-corrected chi connectivity index (χ1v) is 7.54. The second-order valence-electron chi connectivity index (χ2n) is 5.17. The van der Waals surface area contributed by atoms with Crippen LogP contribution in [0.25, 0.3) is 0 Å². The van der Waals surface area contributed by atoms with Gasteiger partial charge in [-0.05, 0) is 37.1 Å². The number of benzene rings is 1. The summed E-state index contributed by atoms with van der Waals surface area (Å²) >= 11 is 0. The average Bonchev–Trinajstić information content (AvgIpc) is 3.01. The first-order chi connectivity index (χ1) is 11.4. The zero-order valence-corrected chi connectivity index (χ0v) is 15.8. The van der Waals surface area contributed by atoms with E-state index < -0.39 is 6.36 Å². The summed E-state index contributed by atoms with van der Waals surface area (Å²) in [7, 11) is 0. The SMILES string of the molecule is I.NC(=NCCCOC1CCOC1)Nc1ccc(OC(F)(F)F)cc1. The second-order valence-corrected chi connectivity index (χ2v) is 5.17. The van der Waals surface area contributed by atoms with E-state index in [-0.39, 0.29) is 41.8 Å². The molecule has 1 aliphatic heterocycles. The van der Waals surface area contributed by atoms with Gasteiger partial charge in [-0.1, -0.05) is 0 Å². The van der Waals surface area contributed by atoms with Crippen molar-refractivity contribution in [2.75, 3.05) is 31.7 Å². The summed E-state index contributed by atoms with van der Waals surface area (Å²) in [6, 6.07) is 5.24. The molecule has 1 atom stereocenters. The number of hydrogen-bond donors (Lipinski definition) is 2. The number of hydrogen-bond acceptors (Lipinski definition) is 4. The number of halogens is 4. The molecule has 1 saturated heterocycles. The second kappa shape index (κ2) is 10.7. The van der Waals surface area contributed by atoms with E-state index in [1.54, 1.807) is 0 Å². The normalized spacial score (nSPS) is 17.9. The first kappa shape index (κ1) is 21.8. The lowest BCUT2D eigenvalue weighted by Crippen LogP contribution is -2.23. The van der Waals surface area contributed by atoms with Gasteiger partial charge in [0.2, 0.25) is 0 Å². The van der Waals surface area contributed by atoms with Crippen LogP contribution in [0, 0.1) is 0 Å². The van der Waals surface area contributed by atoms with Crippen LogP contribution in [-0.2, 0) is 9.47 Å². The van der Waals surface area contributed by atoms with E-state index in [0.717, 1.165) is 19.4 Å². The van der Waals surface area contributed by atoms with Gasteiger partial charge in [-0.2, -0.15) is 0 Å². The molecule has 2 rings (SSSR count). The van der Waals surface area contributed by atoms with E-state index in [9.17, 15) is 13.2 Å². The highest BCUT2D eigenvalue weighted by atomic mass is 127. The van der Waals surface area contributed by atoms with Gasteiger partial charge >= 0.3 is 6.36 Å². The number of nitrogens with one attached hydrogen (secondary N) is 1. The van der Waals surface area contributed by atoms with Crippen LogP contribution in [0.3, 0.4) is 0 Å². The fraction of sp³-hybridized carbons (Fsp3) is 0.533. The maximum absolute atomic E-state index is 12.1. The van der Waals surface area contributed by atoms with Gasteiger partial charge in [0.25, 0.3) is 0 Å². The lowest BCUT2D eigenvalue weighted by molar-refractivity contribution is -0.274. The maximum Gasteiger partial charge on any atom is 0.573 e. The quantitative estimate of drug-likeness (QED) is 0.274. The Hall–Kier alpha value is -1.27. The molecule has 6 nitrogen and oxygen atoms in total. The molecule has 0 aromatic heterocycles. The monoisotopic (exact) mass is 475 g/mol. The van der Waals surface area contributed by atoms with E-state index >= 15 is 0 Å². The van der Waals surface area contributed by atoms with Crippen LogP contribution in [0.15, 0.2) is 29.3 Å². The highest BCUT2D eigenvalue weighted by Crippen LogP contribution is 2.23. The molecular formula is C15H21F3IN3O3. The lowest BCUT2D eigenvalue weighted by atomic mass is 10.3. The van der Waals surface area contributed by atoms with Crippen molar-refractivity contribution in [1.82, 2.24) is 0 Å². The minimum atomic E-state index is -4.71. The van der Waals surface area contributed by atoms with Crippen LogP contribution in [0.1, 0.15) is 12.8 Å². The number of aliphatic imine (C=N–C) groups is 1. The highest BCUT2D eigenvalue weighted by Gasteiger charge is 2.30. The number of alkyl halides is 3. The number of guanidine groups is 1. The minimum Gasteiger partial charge on any atom is -0.406 e. The summed E-state index contributed by atoms with van der Waals surface area (Å²) in [5, 5.41) is 2.79. The van der Waals surface area contributed by atoms with Gasteiger partial charge in [-0.3, -0.25) is 4.99 Å². The van der Waals surface area contributed by atoms with Gasteiger partial charge in [-0.25, -0.2) is 0 Å². The van der Waals surface area contributed by atoms with Gasteiger partial charge < -0.3 is 25.3 Å². The van der Waals surface area contributed by atoms with Crippen molar-refractivity contribution in [3.05, 3.63) is 24.3 Å². The smallest absolute Gasteiger partial charge is 0.406 e. The molecular weight excluding hydrogens is 454 g/mol. The van der Waals surface area contributed by atoms with Gasteiger partial charge in [0.1, 0.15) is 5.75 Å². The van der Waals surface area contributed by atoms with Gasteiger partial charge in [0.05, 0.1) is 12.7 Å². The van der Waals surface area contributed by atoms with Crippen molar-refractivity contribution < 1.29 is 27.4 Å². The van der Waals surface area contributed by atoms with E-state index in [1.165, 1.54) is 24.3 Å². The van der Waals surface area contributed by atoms with E-state index in [4.69, 9.17) is 15.2 Å². The molecule has 1 fully saturated rings. The number of anilines is 1. The largest absolute Gasteiger partial charge is 0.573 e. The molecule has 142 valence electrons. The van der Waals surface area contributed by atoms with Crippen LogP contribution < -0.4 is 15.8 Å². The molecule has 0 aliphatic carbocycles. The topological polar surface area (TPSA) is 78.1 Å². The predicted octanol–water partition coefficient (Wildman–Crippen LogP) is 3.13. The maximum atomic E-state index is 12.1. The van der Waals surface area contributed by atoms with Crippen LogP contribution in [0.4, 0.5) is 18.9 Å². The van der Waals surface area contributed by atoms with Crippen molar-refractivity contribution >= 4 is 35.6 Å². The molecule has 1 unspecified atom stereocenters. The summed E-state index contributed by atoms with van der Waals surface area (Å²) in [5.41, 5.74) is 6.24. The summed E-state index contributed by atoms with van der Waals surface area (Å²) in [6.45, 7) is 2.45. The third-order valence-corrected chi connectivity index (χ3v) is 3.19. The number of nitrogens with zero attached hydrogens (tertiary/aromatic N) is 1. The average molecular weight is 475 g/mol. The number of nitrogens with two attached hydrogens (primary N) is 1. The highest BCUT2D eigenvalue weighted by molar-refractivity contribution is 14.0. The molecule has 0 radical (unpaired) electrons. The zero-order chi connectivity index (χ0) is 17.4. The molecule has 0 spiro atoms. The molecule has 25 heavy (non-hydrogen) atoms. The fourth-order valence-corrected chi connectivity index (χ4v) is 2.09. The molecule has 0 amide bonds. The van der Waals surface area contributed by atoms with Crippen molar-refractivity contribution in [1.29, 1.82) is 0 Å². The van der Waals surface area contributed by atoms with Gasteiger partial charge in [-0.15, -0.1) is 37.1 Å². The van der Waals surface area contributed by atoms with Crippen LogP contribution >= 0.6 is 24.0 Å². The van der Waals surface area contributed by atoms with E-state index in [2.05, 4.69) is 15.0 Å². The van der Waals surface area contributed by atoms with E-state index in [0.29, 0.717) is 25.4 Å². The Morgan fingerprint density at radius 3 is 2.64 bits per heavy atom. The van der Waals surface area contributed by atoms with Crippen molar-refractivity contribution in [2.45, 2.75) is 25.3 Å². The summed E-state index contributed by atoms with van der Waals surface area (Å²) < 4.78 is 50.8. The Balaban J connectivity index is 0.00000312. The van der Waals surface area contributed by atoms with Gasteiger partial charge in [0, 0.05) is 25.4 Å². The molecule has 0 bridgehead atoms. The molecule has 1 aliphatic rings. The van der Waals surface area contributed by atoms with Crippen molar-refractivity contribution in [3.63, 3.8) is 0 Å². The zero-order valence-electron chi connectivity index (χ0n) is 13.4. The third kappa shape index (κ3) is 9.12. The first-order valence-electron chi connectivity index (χ1n) is 7.54. The Morgan fingerprint density at radius 2 is 2.04 bits per heavy atom. The van der Waals surface area contributed by atoms with Crippen molar-refractivity contribution in [2.24, 2.45) is 10.7 Å². The van der Waals surface area contributed by atoms with Crippen LogP contribution in [0.5, 0.6) is 5.75 Å². The van der Waals surface area contributed by atoms with E-state index in [1.807, 2.05) is 0 Å². The number of rotatable bonds is 7. The minimum absolute atomic E-state index is 0. The van der Waals surface area contributed by atoms with Crippen LogP contribution in [-0.4, -0.2) is 44.8 Å². The predicted molar refractivity (Wildman–Crippen MR) is 98.4 cm³/mol. The Bertz CT molecular complexity index is 535. The summed E-state index contributed by atoms with van der Waals surface area (Å²) in [6.07, 6.45) is -2.90. The molecule has 1 heterocycles. The lowest BCUT2D eigenvalue weighted by Gasteiger charge is -2.10. The summed E-state index contributed by atoms with van der Waals surface area (Å²) in [4.78, 5) is 4.13. The Morgan fingerprint density at radius 1 is 1.32 bits per heavy atom. The standard InChI is InChI=1S/C15H20F3N3O3.HI/c16-15(17,18)24-12-4-2-11(3-5-12)21-14(19)20-7-1-8-23-13-6-9-22-10-13;/h2-5,13H,1,6-10H2,(H3,19,20,21);1H. The fourth-order valence-electron chi connectivity index (χ4n) is 2.09. The van der Waals surface area contributed by atoms with Crippen LogP contribution in [0.2, 0.25) is 0 Å². The molecule has 0 saturated carbocycles. The Labute approximate surface area is 160 Å². The molecule has 1 aromatic carbocycles. The van der Waals surface area contributed by atoms with Crippen molar-refractivity contribution in [3.8, 4) is 5.75 Å². The molecule has 3 N–H and O–H groups in total. The third-order valence-electron chi connectivity index (χ3n) is 3.19. The molecule has 1 aromatic rings.